The number of nitrogen functional groups attached to an aromatic ring is 1. The van der Waals surface area contributed by atoms with E-state index < -0.39 is 0 Å². The number of likely N-dealkylation sites (tertiary alicyclic amines) is 1. The van der Waals surface area contributed by atoms with Gasteiger partial charge in [-0.2, -0.15) is 5.10 Å². The average molecular weight is 210 g/mol. The minimum Gasteiger partial charge on any atom is -0.396 e. The molecule has 1 aromatic heterocycles. The molecule has 0 radical (unpaired) electrons. The maximum absolute atomic E-state index is 8.83. The van der Waals surface area contributed by atoms with Gasteiger partial charge in [0.1, 0.15) is 0 Å². The second kappa shape index (κ2) is 4.63. The van der Waals surface area contributed by atoms with Crippen molar-refractivity contribution in [1.82, 2.24) is 14.7 Å². The number of β-amino-alcohol motifs (C(OH)–C–C–N with tert-alkyl or cyclic N) is 1. The summed E-state index contributed by atoms with van der Waals surface area (Å²) in [5, 5.41) is 13.1. The van der Waals surface area contributed by atoms with Crippen LogP contribution in [0.4, 0.5) is 5.69 Å². The quantitative estimate of drug-likeness (QED) is 0.742. The number of nitrogens with two attached hydrogens (primary N) is 1. The Morgan fingerprint density at radius 2 is 2.20 bits per heavy atom. The summed E-state index contributed by atoms with van der Waals surface area (Å²) in [5.41, 5.74) is 6.36. The molecule has 0 amide bonds. The van der Waals surface area contributed by atoms with E-state index in [1.807, 2.05) is 10.9 Å². The lowest BCUT2D eigenvalue weighted by Crippen LogP contribution is -2.36. The first kappa shape index (κ1) is 10.4. The van der Waals surface area contributed by atoms with Crippen molar-refractivity contribution >= 4 is 5.69 Å². The molecule has 0 unspecified atom stereocenters. The van der Waals surface area contributed by atoms with E-state index in [2.05, 4.69) is 10.00 Å². The zero-order valence-electron chi connectivity index (χ0n) is 8.84. The second-order valence-corrected chi connectivity index (χ2v) is 4.05. The van der Waals surface area contributed by atoms with Crippen LogP contribution in [0.25, 0.3) is 0 Å². The Balaban J connectivity index is 1.88. The van der Waals surface area contributed by atoms with Gasteiger partial charge < -0.3 is 15.7 Å². The van der Waals surface area contributed by atoms with Gasteiger partial charge in [-0.1, -0.05) is 0 Å². The summed E-state index contributed by atoms with van der Waals surface area (Å²) >= 11 is 0. The highest BCUT2D eigenvalue weighted by Gasteiger charge is 2.20. The standard InChI is InChI=1S/C10H18N4O/c11-9-7-12-14(8-9)10-1-3-13(4-2-10)5-6-15/h7-8,10,15H,1-6,11H2. The van der Waals surface area contributed by atoms with Gasteiger partial charge in [-0.3, -0.25) is 4.68 Å². The van der Waals surface area contributed by atoms with E-state index in [1.165, 1.54) is 0 Å². The fourth-order valence-electron chi connectivity index (χ4n) is 2.10. The van der Waals surface area contributed by atoms with Crippen molar-refractivity contribution in [1.29, 1.82) is 0 Å². The topological polar surface area (TPSA) is 67.3 Å². The molecule has 0 atom stereocenters. The Bertz CT molecular complexity index is 304. The number of aliphatic hydroxyl groups is 1. The number of anilines is 1. The van der Waals surface area contributed by atoms with Crippen LogP contribution >= 0.6 is 0 Å². The number of hydrogen-bond donors (Lipinski definition) is 2. The molecule has 0 aromatic carbocycles. The third kappa shape index (κ3) is 2.49. The smallest absolute Gasteiger partial charge is 0.0719 e. The second-order valence-electron chi connectivity index (χ2n) is 4.05. The molecule has 1 saturated heterocycles. The third-order valence-electron chi connectivity index (χ3n) is 2.97. The first-order chi connectivity index (χ1) is 7.29. The minimum atomic E-state index is 0.249. The minimum absolute atomic E-state index is 0.249. The van der Waals surface area contributed by atoms with Gasteiger partial charge in [-0.05, 0) is 12.8 Å². The van der Waals surface area contributed by atoms with Crippen molar-refractivity contribution < 1.29 is 5.11 Å². The fourth-order valence-corrected chi connectivity index (χ4v) is 2.10. The molecule has 1 aliphatic heterocycles. The molecule has 0 aliphatic carbocycles. The lowest BCUT2D eigenvalue weighted by atomic mass is 10.1. The molecular weight excluding hydrogens is 192 g/mol. The maximum atomic E-state index is 8.83. The Hall–Kier alpha value is -1.07. The summed E-state index contributed by atoms with van der Waals surface area (Å²) in [6, 6.07) is 0.470. The molecule has 5 nitrogen and oxygen atoms in total. The van der Waals surface area contributed by atoms with Crippen molar-refractivity contribution in [2.24, 2.45) is 0 Å². The van der Waals surface area contributed by atoms with Gasteiger partial charge >= 0.3 is 0 Å². The summed E-state index contributed by atoms with van der Waals surface area (Å²) in [4.78, 5) is 2.28. The highest BCUT2D eigenvalue weighted by Crippen LogP contribution is 2.22. The monoisotopic (exact) mass is 210 g/mol. The molecule has 3 N–H and O–H groups in total. The third-order valence-corrected chi connectivity index (χ3v) is 2.97. The van der Waals surface area contributed by atoms with Crippen LogP contribution in [0.5, 0.6) is 0 Å². The molecule has 0 spiro atoms. The molecule has 0 bridgehead atoms. The molecule has 84 valence electrons. The van der Waals surface area contributed by atoms with E-state index in [9.17, 15) is 0 Å². The number of nitrogens with zero attached hydrogens (tertiary/aromatic N) is 3. The Morgan fingerprint density at radius 3 is 2.73 bits per heavy atom. The molecule has 1 aliphatic rings. The van der Waals surface area contributed by atoms with Crippen LogP contribution in [0.15, 0.2) is 12.4 Å². The summed E-state index contributed by atoms with van der Waals surface area (Å²) in [6.07, 6.45) is 5.76. The van der Waals surface area contributed by atoms with E-state index in [4.69, 9.17) is 10.8 Å². The Labute approximate surface area is 89.5 Å². The van der Waals surface area contributed by atoms with Crippen LogP contribution in [0.1, 0.15) is 18.9 Å². The number of aliphatic hydroxyl groups excluding tert-OH is 1. The van der Waals surface area contributed by atoms with Crippen LogP contribution in [0.3, 0.4) is 0 Å². The van der Waals surface area contributed by atoms with E-state index in [1.54, 1.807) is 6.20 Å². The lowest BCUT2D eigenvalue weighted by Gasteiger charge is -2.31. The largest absolute Gasteiger partial charge is 0.396 e. The number of hydrogen-bond acceptors (Lipinski definition) is 4. The number of aromatic nitrogens is 2. The van der Waals surface area contributed by atoms with Crippen LogP contribution in [0, 0.1) is 0 Å². The highest BCUT2D eigenvalue weighted by atomic mass is 16.3. The lowest BCUT2D eigenvalue weighted by molar-refractivity contribution is 0.146. The molecule has 5 heteroatoms. The SMILES string of the molecule is Nc1cnn(C2CCN(CCO)CC2)c1. The van der Waals surface area contributed by atoms with Gasteiger partial charge in [0.25, 0.3) is 0 Å². The van der Waals surface area contributed by atoms with Crippen LogP contribution in [-0.2, 0) is 0 Å². The van der Waals surface area contributed by atoms with Gasteiger partial charge in [-0.15, -0.1) is 0 Å². The van der Waals surface area contributed by atoms with Crippen LogP contribution in [-0.4, -0.2) is 46.0 Å². The van der Waals surface area contributed by atoms with E-state index in [0.29, 0.717) is 6.04 Å². The fraction of sp³-hybridized carbons (Fsp3) is 0.700. The van der Waals surface area contributed by atoms with Gasteiger partial charge in [-0.25, -0.2) is 0 Å². The first-order valence-corrected chi connectivity index (χ1v) is 5.42. The Kier molecular flexibility index (Phi) is 3.23. The van der Waals surface area contributed by atoms with Crippen molar-refractivity contribution in [3.63, 3.8) is 0 Å². The zero-order valence-corrected chi connectivity index (χ0v) is 8.84. The van der Waals surface area contributed by atoms with Crippen molar-refractivity contribution in [3.05, 3.63) is 12.4 Å². The summed E-state index contributed by atoms with van der Waals surface area (Å²) in [7, 11) is 0. The van der Waals surface area contributed by atoms with Gasteiger partial charge in [0, 0.05) is 25.8 Å². The summed E-state index contributed by atoms with van der Waals surface area (Å²) in [5.74, 6) is 0. The zero-order chi connectivity index (χ0) is 10.7. The molecule has 1 aromatic rings. The predicted molar refractivity (Wildman–Crippen MR) is 58.4 cm³/mol. The molecule has 0 saturated carbocycles. The predicted octanol–water partition coefficient (Wildman–Crippen LogP) is 0.0945. The van der Waals surface area contributed by atoms with E-state index >= 15 is 0 Å². The van der Waals surface area contributed by atoms with Crippen molar-refractivity contribution in [2.75, 3.05) is 32.0 Å². The highest BCUT2D eigenvalue weighted by molar-refractivity contribution is 5.30. The Morgan fingerprint density at radius 1 is 1.47 bits per heavy atom. The number of piperidine rings is 1. The molecule has 15 heavy (non-hydrogen) atoms. The van der Waals surface area contributed by atoms with Crippen molar-refractivity contribution in [3.8, 4) is 0 Å². The summed E-state index contributed by atoms with van der Waals surface area (Å²) in [6.45, 7) is 3.10. The van der Waals surface area contributed by atoms with E-state index in [-0.39, 0.29) is 6.61 Å². The molecule has 2 heterocycles. The normalized spacial score (nSPS) is 19.5. The van der Waals surface area contributed by atoms with Crippen LogP contribution in [0.2, 0.25) is 0 Å². The molecule has 1 fully saturated rings. The van der Waals surface area contributed by atoms with Gasteiger partial charge in [0.2, 0.25) is 0 Å². The van der Waals surface area contributed by atoms with Crippen LogP contribution < -0.4 is 5.73 Å². The van der Waals surface area contributed by atoms with Gasteiger partial charge in [0.05, 0.1) is 24.5 Å². The van der Waals surface area contributed by atoms with E-state index in [0.717, 1.165) is 38.2 Å². The number of rotatable bonds is 3. The average Bonchev–Trinajstić information content (AvgIpc) is 2.67. The first-order valence-electron chi connectivity index (χ1n) is 5.42. The maximum Gasteiger partial charge on any atom is 0.0719 e. The van der Waals surface area contributed by atoms with Crippen molar-refractivity contribution in [2.45, 2.75) is 18.9 Å². The molecular formula is C10H18N4O. The van der Waals surface area contributed by atoms with Gasteiger partial charge in [0.15, 0.2) is 0 Å². The summed E-state index contributed by atoms with van der Waals surface area (Å²) < 4.78 is 1.96. The molecule has 2 rings (SSSR count).